The third-order valence-corrected chi connectivity index (χ3v) is 2.92. The molecular weight excluding hydrogens is 216 g/mol. The van der Waals surface area contributed by atoms with Crippen molar-refractivity contribution in [2.45, 2.75) is 71.8 Å². The predicted molar refractivity (Wildman–Crippen MR) is 69.8 cm³/mol. The van der Waals surface area contributed by atoms with Gasteiger partial charge >= 0.3 is 5.97 Å². The van der Waals surface area contributed by atoms with Crippen molar-refractivity contribution >= 4 is 5.97 Å². The third kappa shape index (κ3) is 8.19. The number of unbranched alkanes of at least 4 members (excludes halogenated alkanes) is 1. The molecule has 1 N–H and O–H groups in total. The quantitative estimate of drug-likeness (QED) is 0.633. The van der Waals surface area contributed by atoms with E-state index in [0.717, 1.165) is 6.42 Å². The van der Waals surface area contributed by atoms with Crippen LogP contribution in [-0.4, -0.2) is 23.3 Å². The molecule has 0 aromatic carbocycles. The Morgan fingerprint density at radius 1 is 1.18 bits per heavy atom. The first-order valence-corrected chi connectivity index (χ1v) is 6.81. The van der Waals surface area contributed by atoms with Crippen molar-refractivity contribution < 1.29 is 14.6 Å². The maximum Gasteiger partial charge on any atom is 0.337 e. The fourth-order valence-corrected chi connectivity index (χ4v) is 1.83. The van der Waals surface area contributed by atoms with Crippen LogP contribution < -0.4 is 0 Å². The Morgan fingerprint density at radius 3 is 2.29 bits per heavy atom. The molecule has 0 radical (unpaired) electrons. The van der Waals surface area contributed by atoms with E-state index in [9.17, 15) is 9.90 Å². The highest BCUT2D eigenvalue weighted by Gasteiger charge is 2.25. The highest BCUT2D eigenvalue weighted by molar-refractivity contribution is 5.78. The van der Waals surface area contributed by atoms with Crippen molar-refractivity contribution in [3.63, 3.8) is 0 Å². The lowest BCUT2D eigenvalue weighted by Gasteiger charge is -2.18. The van der Waals surface area contributed by atoms with Crippen molar-refractivity contribution in [1.29, 1.82) is 0 Å². The number of carbonyl (C=O) groups is 1. The predicted octanol–water partition coefficient (Wildman–Crippen LogP) is 3.30. The maximum atomic E-state index is 11.3. The van der Waals surface area contributed by atoms with E-state index in [2.05, 4.69) is 13.8 Å². The van der Waals surface area contributed by atoms with Crippen LogP contribution in [0.2, 0.25) is 0 Å². The van der Waals surface area contributed by atoms with E-state index >= 15 is 0 Å². The molecule has 0 rings (SSSR count). The summed E-state index contributed by atoms with van der Waals surface area (Å²) < 4.78 is 5.07. The molecule has 3 nitrogen and oxygen atoms in total. The Kier molecular flexibility index (Phi) is 8.23. The molecule has 0 saturated carbocycles. The summed E-state index contributed by atoms with van der Waals surface area (Å²) in [7, 11) is 0. The summed E-state index contributed by atoms with van der Waals surface area (Å²) in [6.07, 6.45) is 6.95. The van der Waals surface area contributed by atoms with Gasteiger partial charge in [0.05, 0.1) is 6.61 Å². The van der Waals surface area contributed by atoms with E-state index in [1.165, 1.54) is 46.0 Å². The Bertz CT molecular complexity index is 206. The van der Waals surface area contributed by atoms with Crippen LogP contribution in [0.3, 0.4) is 0 Å². The summed E-state index contributed by atoms with van der Waals surface area (Å²) >= 11 is 0. The SMILES string of the molecule is CCCCC(CCC)CCOC(=O)C(C)(C)O. The molecule has 1 unspecified atom stereocenters. The highest BCUT2D eigenvalue weighted by Crippen LogP contribution is 2.19. The van der Waals surface area contributed by atoms with Crippen LogP contribution in [0.4, 0.5) is 0 Å². The van der Waals surface area contributed by atoms with Gasteiger partial charge in [-0.1, -0.05) is 46.0 Å². The summed E-state index contributed by atoms with van der Waals surface area (Å²) in [5.74, 6) is 0.123. The first-order valence-electron chi connectivity index (χ1n) is 6.81. The van der Waals surface area contributed by atoms with Crippen molar-refractivity contribution in [2.24, 2.45) is 5.92 Å². The van der Waals surface area contributed by atoms with E-state index in [-0.39, 0.29) is 0 Å². The molecule has 0 aliphatic rings. The molecule has 17 heavy (non-hydrogen) atoms. The molecular formula is C14H28O3. The summed E-state index contributed by atoms with van der Waals surface area (Å²) in [5, 5.41) is 9.42. The van der Waals surface area contributed by atoms with Crippen molar-refractivity contribution in [3.05, 3.63) is 0 Å². The van der Waals surface area contributed by atoms with Gasteiger partial charge in [-0.05, 0) is 26.2 Å². The van der Waals surface area contributed by atoms with E-state index in [1.54, 1.807) is 0 Å². The first-order chi connectivity index (χ1) is 7.91. The normalized spacial score (nSPS) is 13.5. The van der Waals surface area contributed by atoms with Crippen LogP contribution in [-0.2, 0) is 9.53 Å². The highest BCUT2D eigenvalue weighted by atomic mass is 16.5. The van der Waals surface area contributed by atoms with Gasteiger partial charge in [0.15, 0.2) is 5.60 Å². The van der Waals surface area contributed by atoms with Gasteiger partial charge in [0.25, 0.3) is 0 Å². The minimum absolute atomic E-state index is 0.428. The lowest BCUT2D eigenvalue weighted by Crippen LogP contribution is -2.33. The number of ether oxygens (including phenoxy) is 1. The Morgan fingerprint density at radius 2 is 1.82 bits per heavy atom. The molecule has 3 heteroatoms. The number of hydrogen-bond donors (Lipinski definition) is 1. The van der Waals surface area contributed by atoms with E-state index in [1.807, 2.05) is 0 Å². The molecule has 1 atom stereocenters. The average Bonchev–Trinajstić information content (AvgIpc) is 2.24. The standard InChI is InChI=1S/C14H28O3/c1-5-7-9-12(8-6-2)10-11-17-13(15)14(3,4)16/h12,16H,5-11H2,1-4H3. The molecule has 102 valence electrons. The first kappa shape index (κ1) is 16.4. The Hall–Kier alpha value is -0.570. The number of hydrogen-bond acceptors (Lipinski definition) is 3. The minimum Gasteiger partial charge on any atom is -0.464 e. The van der Waals surface area contributed by atoms with Gasteiger partial charge in [-0.25, -0.2) is 4.79 Å². The van der Waals surface area contributed by atoms with Gasteiger partial charge in [0.2, 0.25) is 0 Å². The summed E-state index contributed by atoms with van der Waals surface area (Å²) in [4.78, 5) is 11.3. The zero-order valence-electron chi connectivity index (χ0n) is 11.8. The van der Waals surface area contributed by atoms with Crippen LogP contribution in [0.25, 0.3) is 0 Å². The van der Waals surface area contributed by atoms with Gasteiger partial charge in [-0.2, -0.15) is 0 Å². The topological polar surface area (TPSA) is 46.5 Å². The molecule has 0 aliphatic heterocycles. The zero-order valence-corrected chi connectivity index (χ0v) is 11.8. The van der Waals surface area contributed by atoms with Crippen LogP contribution in [0.15, 0.2) is 0 Å². The second kappa shape index (κ2) is 8.51. The second-order valence-corrected chi connectivity index (χ2v) is 5.28. The molecule has 0 saturated heterocycles. The average molecular weight is 244 g/mol. The van der Waals surface area contributed by atoms with Gasteiger partial charge in [-0.15, -0.1) is 0 Å². The van der Waals surface area contributed by atoms with E-state index in [0.29, 0.717) is 12.5 Å². The van der Waals surface area contributed by atoms with Crippen molar-refractivity contribution in [2.75, 3.05) is 6.61 Å². The summed E-state index contributed by atoms with van der Waals surface area (Å²) in [6, 6.07) is 0. The van der Waals surface area contributed by atoms with Crippen LogP contribution >= 0.6 is 0 Å². The lowest BCUT2D eigenvalue weighted by molar-refractivity contribution is -0.162. The molecule has 0 heterocycles. The second-order valence-electron chi connectivity index (χ2n) is 5.28. The molecule has 0 spiro atoms. The fourth-order valence-electron chi connectivity index (χ4n) is 1.83. The third-order valence-electron chi connectivity index (χ3n) is 2.92. The lowest BCUT2D eigenvalue weighted by atomic mass is 9.94. The number of esters is 1. The molecule has 0 bridgehead atoms. The van der Waals surface area contributed by atoms with Crippen molar-refractivity contribution in [3.8, 4) is 0 Å². The van der Waals surface area contributed by atoms with Gasteiger partial charge in [0, 0.05) is 0 Å². The number of rotatable bonds is 9. The van der Waals surface area contributed by atoms with Crippen LogP contribution in [0.5, 0.6) is 0 Å². The molecule has 0 aromatic heterocycles. The van der Waals surface area contributed by atoms with Crippen molar-refractivity contribution in [1.82, 2.24) is 0 Å². The van der Waals surface area contributed by atoms with Crippen LogP contribution in [0.1, 0.15) is 66.2 Å². The Labute approximate surface area is 106 Å². The van der Waals surface area contributed by atoms with Crippen LogP contribution in [0, 0.1) is 5.92 Å². The zero-order chi connectivity index (χ0) is 13.3. The molecule has 0 aliphatic carbocycles. The monoisotopic (exact) mass is 244 g/mol. The fraction of sp³-hybridized carbons (Fsp3) is 0.929. The summed E-state index contributed by atoms with van der Waals surface area (Å²) in [6.45, 7) is 7.71. The molecule has 0 aromatic rings. The number of carbonyl (C=O) groups excluding carboxylic acids is 1. The largest absolute Gasteiger partial charge is 0.464 e. The van der Waals surface area contributed by atoms with E-state index in [4.69, 9.17) is 4.74 Å². The van der Waals surface area contributed by atoms with Gasteiger partial charge in [-0.3, -0.25) is 0 Å². The van der Waals surface area contributed by atoms with Gasteiger partial charge < -0.3 is 9.84 Å². The van der Waals surface area contributed by atoms with Gasteiger partial charge in [0.1, 0.15) is 0 Å². The Balaban J connectivity index is 3.84. The maximum absolute atomic E-state index is 11.3. The number of aliphatic hydroxyl groups is 1. The smallest absolute Gasteiger partial charge is 0.337 e. The molecule has 0 fully saturated rings. The minimum atomic E-state index is -1.37. The summed E-state index contributed by atoms with van der Waals surface area (Å²) in [5.41, 5.74) is -1.37. The molecule has 0 amide bonds. The van der Waals surface area contributed by atoms with E-state index < -0.39 is 11.6 Å².